The van der Waals surface area contributed by atoms with Gasteiger partial charge >= 0.3 is 0 Å². The minimum absolute atomic E-state index is 0.0612. The Labute approximate surface area is 172 Å². The van der Waals surface area contributed by atoms with Crippen LogP contribution in [-0.2, 0) is 16.0 Å². The van der Waals surface area contributed by atoms with Crippen molar-refractivity contribution >= 4 is 22.8 Å². The second-order valence-corrected chi connectivity index (χ2v) is 7.63. The number of hydrogen-bond donors (Lipinski definition) is 0. The molecule has 1 aliphatic heterocycles. The van der Waals surface area contributed by atoms with E-state index in [2.05, 4.69) is 64.2 Å². The lowest BCUT2D eigenvalue weighted by molar-refractivity contribution is -0.112. The number of carbonyl (C=O) groups is 1. The van der Waals surface area contributed by atoms with Gasteiger partial charge in [-0.3, -0.25) is 4.79 Å². The van der Waals surface area contributed by atoms with Gasteiger partial charge in [0, 0.05) is 43.5 Å². The molecule has 0 amide bonds. The number of para-hydroxylation sites is 1. The van der Waals surface area contributed by atoms with E-state index in [9.17, 15) is 4.79 Å². The number of ether oxygens (including phenoxy) is 1. The lowest BCUT2D eigenvalue weighted by Gasteiger charge is -2.18. The van der Waals surface area contributed by atoms with Crippen molar-refractivity contribution in [1.82, 2.24) is 9.47 Å². The Morgan fingerprint density at radius 1 is 1.07 bits per heavy atom. The highest BCUT2D eigenvalue weighted by molar-refractivity contribution is 5.91. The Kier molecular flexibility index (Phi) is 6.23. The van der Waals surface area contributed by atoms with Crippen LogP contribution in [-0.4, -0.2) is 48.1 Å². The van der Waals surface area contributed by atoms with Gasteiger partial charge in [-0.2, -0.15) is 0 Å². The molecule has 4 nitrogen and oxygen atoms in total. The standard InChI is InChI=1S/C25H28N2O2/c1-20(28)7-8-21-9-11-23(12-10-21)27-19-22(24-5-2-3-6-25(24)27)13-15-26-14-4-17-29-18-16-26/h2-3,5-12,19H,4,13-18H2,1H3/b8-7+. The van der Waals surface area contributed by atoms with Crippen LogP contribution in [0, 0.1) is 0 Å². The zero-order chi connectivity index (χ0) is 20.1. The molecule has 0 N–H and O–H groups in total. The highest BCUT2D eigenvalue weighted by Crippen LogP contribution is 2.26. The van der Waals surface area contributed by atoms with Crippen LogP contribution < -0.4 is 0 Å². The van der Waals surface area contributed by atoms with Gasteiger partial charge in [0.05, 0.1) is 12.1 Å². The summed E-state index contributed by atoms with van der Waals surface area (Å²) in [4.78, 5) is 13.7. The minimum Gasteiger partial charge on any atom is -0.380 e. The van der Waals surface area contributed by atoms with E-state index in [4.69, 9.17) is 4.74 Å². The van der Waals surface area contributed by atoms with Crippen LogP contribution in [0.5, 0.6) is 0 Å². The van der Waals surface area contributed by atoms with Gasteiger partial charge in [-0.25, -0.2) is 0 Å². The van der Waals surface area contributed by atoms with Crippen LogP contribution in [0.25, 0.3) is 22.7 Å². The fraction of sp³-hybridized carbons (Fsp3) is 0.320. The van der Waals surface area contributed by atoms with Crippen molar-refractivity contribution in [3.05, 3.63) is 71.9 Å². The molecule has 29 heavy (non-hydrogen) atoms. The first-order valence-corrected chi connectivity index (χ1v) is 10.4. The first kappa shape index (κ1) is 19.6. The molecule has 0 spiro atoms. The Balaban J connectivity index is 1.57. The molecule has 4 heteroatoms. The molecule has 0 aliphatic carbocycles. The van der Waals surface area contributed by atoms with Gasteiger partial charge in [0.1, 0.15) is 0 Å². The second kappa shape index (κ2) is 9.21. The Bertz CT molecular complexity index is 993. The average molecular weight is 389 g/mol. The number of benzene rings is 2. The van der Waals surface area contributed by atoms with Gasteiger partial charge in [0.25, 0.3) is 0 Å². The fourth-order valence-corrected chi connectivity index (χ4v) is 3.92. The van der Waals surface area contributed by atoms with Gasteiger partial charge < -0.3 is 14.2 Å². The number of aromatic nitrogens is 1. The third-order valence-corrected chi connectivity index (χ3v) is 5.49. The van der Waals surface area contributed by atoms with E-state index in [1.54, 1.807) is 13.0 Å². The highest BCUT2D eigenvalue weighted by Gasteiger charge is 2.13. The third-order valence-electron chi connectivity index (χ3n) is 5.49. The Morgan fingerprint density at radius 3 is 2.72 bits per heavy atom. The zero-order valence-corrected chi connectivity index (χ0v) is 17.0. The molecule has 1 saturated heterocycles. The van der Waals surface area contributed by atoms with E-state index in [0.29, 0.717) is 0 Å². The van der Waals surface area contributed by atoms with Crippen molar-refractivity contribution in [2.24, 2.45) is 0 Å². The van der Waals surface area contributed by atoms with Crippen LogP contribution in [0.1, 0.15) is 24.5 Å². The van der Waals surface area contributed by atoms with E-state index in [1.807, 2.05) is 6.08 Å². The molecule has 2 aromatic carbocycles. The summed E-state index contributed by atoms with van der Waals surface area (Å²) in [7, 11) is 0. The van der Waals surface area contributed by atoms with E-state index in [-0.39, 0.29) is 5.78 Å². The number of fused-ring (bicyclic) bond motifs is 1. The Hall–Kier alpha value is -2.69. The molecule has 150 valence electrons. The predicted octanol–water partition coefficient (Wildman–Crippen LogP) is 4.50. The molecular formula is C25H28N2O2. The van der Waals surface area contributed by atoms with E-state index in [0.717, 1.165) is 56.9 Å². The molecular weight excluding hydrogens is 360 g/mol. The van der Waals surface area contributed by atoms with Crippen LogP contribution in [0.2, 0.25) is 0 Å². The molecule has 1 aromatic heterocycles. The molecule has 2 heterocycles. The summed E-state index contributed by atoms with van der Waals surface area (Å²) in [6.45, 7) is 6.49. The summed E-state index contributed by atoms with van der Waals surface area (Å²) in [5.41, 5.74) is 4.78. The van der Waals surface area contributed by atoms with Gasteiger partial charge in [-0.15, -0.1) is 0 Å². The molecule has 1 fully saturated rings. The van der Waals surface area contributed by atoms with Crippen molar-refractivity contribution in [1.29, 1.82) is 0 Å². The summed E-state index contributed by atoms with van der Waals surface area (Å²) in [6, 6.07) is 17.0. The number of ketones is 1. The van der Waals surface area contributed by atoms with Crippen molar-refractivity contribution in [3.8, 4) is 5.69 Å². The summed E-state index contributed by atoms with van der Waals surface area (Å²) in [6.07, 6.45) is 7.89. The van der Waals surface area contributed by atoms with Crippen LogP contribution in [0.15, 0.2) is 60.8 Å². The maximum atomic E-state index is 11.1. The average Bonchev–Trinajstić information content (AvgIpc) is 2.91. The minimum atomic E-state index is 0.0612. The van der Waals surface area contributed by atoms with Gasteiger partial charge in [0.2, 0.25) is 0 Å². The third kappa shape index (κ3) is 4.84. The summed E-state index contributed by atoms with van der Waals surface area (Å²) in [5, 5.41) is 1.32. The maximum Gasteiger partial charge on any atom is 0.152 e. The van der Waals surface area contributed by atoms with E-state index >= 15 is 0 Å². The molecule has 0 unspecified atom stereocenters. The van der Waals surface area contributed by atoms with Gasteiger partial charge in [0.15, 0.2) is 5.78 Å². The molecule has 0 bridgehead atoms. The quantitative estimate of drug-likeness (QED) is 0.583. The molecule has 0 radical (unpaired) electrons. The molecule has 0 atom stereocenters. The number of nitrogens with zero attached hydrogens (tertiary/aromatic N) is 2. The molecule has 3 aromatic rings. The van der Waals surface area contributed by atoms with Crippen LogP contribution in [0.4, 0.5) is 0 Å². The van der Waals surface area contributed by atoms with E-state index < -0.39 is 0 Å². The van der Waals surface area contributed by atoms with Crippen molar-refractivity contribution < 1.29 is 9.53 Å². The second-order valence-electron chi connectivity index (χ2n) is 7.63. The van der Waals surface area contributed by atoms with Crippen LogP contribution >= 0.6 is 0 Å². The zero-order valence-electron chi connectivity index (χ0n) is 17.0. The highest BCUT2D eigenvalue weighted by atomic mass is 16.5. The molecule has 1 aliphatic rings. The first-order valence-electron chi connectivity index (χ1n) is 10.4. The predicted molar refractivity (Wildman–Crippen MR) is 119 cm³/mol. The molecule has 4 rings (SSSR count). The number of hydrogen-bond acceptors (Lipinski definition) is 3. The topological polar surface area (TPSA) is 34.5 Å². The first-order chi connectivity index (χ1) is 14.2. The van der Waals surface area contributed by atoms with Crippen LogP contribution in [0.3, 0.4) is 0 Å². The van der Waals surface area contributed by atoms with Gasteiger partial charge in [-0.1, -0.05) is 36.4 Å². The smallest absolute Gasteiger partial charge is 0.152 e. The van der Waals surface area contributed by atoms with Gasteiger partial charge in [-0.05, 0) is 55.2 Å². The Morgan fingerprint density at radius 2 is 1.90 bits per heavy atom. The number of rotatable bonds is 6. The number of carbonyl (C=O) groups excluding carboxylic acids is 1. The fourth-order valence-electron chi connectivity index (χ4n) is 3.92. The molecule has 0 saturated carbocycles. The lowest BCUT2D eigenvalue weighted by Crippen LogP contribution is -2.28. The SMILES string of the molecule is CC(=O)/C=C/c1ccc(-n2cc(CCN3CCCOCC3)c3ccccc32)cc1. The monoisotopic (exact) mass is 388 g/mol. The normalized spacial score (nSPS) is 15.8. The van der Waals surface area contributed by atoms with Crippen molar-refractivity contribution in [2.75, 3.05) is 32.8 Å². The van der Waals surface area contributed by atoms with E-state index in [1.165, 1.54) is 16.5 Å². The summed E-state index contributed by atoms with van der Waals surface area (Å²) >= 11 is 0. The lowest BCUT2D eigenvalue weighted by atomic mass is 10.1. The number of allylic oxidation sites excluding steroid dienone is 1. The largest absolute Gasteiger partial charge is 0.380 e. The van der Waals surface area contributed by atoms with Crippen molar-refractivity contribution in [2.45, 2.75) is 19.8 Å². The maximum absolute atomic E-state index is 11.1. The summed E-state index contributed by atoms with van der Waals surface area (Å²) < 4.78 is 7.85. The summed E-state index contributed by atoms with van der Waals surface area (Å²) in [5.74, 6) is 0.0612. The van der Waals surface area contributed by atoms with Crippen molar-refractivity contribution in [3.63, 3.8) is 0 Å².